The first-order chi connectivity index (χ1) is 31.5. The molecule has 0 spiro atoms. The highest BCUT2D eigenvalue weighted by molar-refractivity contribution is 6.04. The van der Waals surface area contributed by atoms with Crippen LogP contribution in [0.5, 0.6) is 0 Å². The average molecular weight is 823 g/mol. The molecule has 0 saturated heterocycles. The van der Waals surface area contributed by atoms with Crippen molar-refractivity contribution in [3.63, 3.8) is 0 Å². The predicted molar refractivity (Wildman–Crippen MR) is 259 cm³/mol. The molecule has 64 heavy (non-hydrogen) atoms. The van der Waals surface area contributed by atoms with Gasteiger partial charge in [0.15, 0.2) is 17.5 Å². The number of hydrogen-bond acceptors (Lipinski definition) is 4. The van der Waals surface area contributed by atoms with Crippen LogP contribution in [-0.2, 0) is 10.8 Å². The van der Waals surface area contributed by atoms with Gasteiger partial charge >= 0.3 is 0 Å². The summed E-state index contributed by atoms with van der Waals surface area (Å²) in [6.45, 7) is 0. The zero-order chi connectivity index (χ0) is 42.7. The Morgan fingerprint density at radius 1 is 0.375 bits per heavy atom. The molecule has 1 aromatic heterocycles. The zero-order valence-corrected chi connectivity index (χ0v) is 35.7. The van der Waals surface area contributed by atoms with Crippen LogP contribution < -0.4 is 0 Å². The fraction of sp³-hybridized carbons (Fsp3) is 0.167. The van der Waals surface area contributed by atoms with Crippen molar-refractivity contribution < 1.29 is 0 Å². The molecular formula is C60H46N4. The number of hydrogen-bond donors (Lipinski definition) is 0. The molecule has 4 aliphatic carbocycles. The molecule has 4 bridgehead atoms. The number of fused-ring (bicyclic) bond motifs is 1. The molecule has 0 N–H and O–H groups in total. The molecule has 4 nitrogen and oxygen atoms in total. The van der Waals surface area contributed by atoms with Crippen molar-refractivity contribution in [3.8, 4) is 73.6 Å². The monoisotopic (exact) mass is 822 g/mol. The molecule has 0 amide bonds. The van der Waals surface area contributed by atoms with Gasteiger partial charge in [0.1, 0.15) is 0 Å². The minimum absolute atomic E-state index is 0.235. The molecule has 4 fully saturated rings. The van der Waals surface area contributed by atoms with Crippen LogP contribution in [0.1, 0.15) is 55.2 Å². The second-order valence-electron chi connectivity index (χ2n) is 18.7. The van der Waals surface area contributed by atoms with Crippen LogP contribution in [0, 0.1) is 23.2 Å². The minimum Gasteiger partial charge on any atom is -0.208 e. The van der Waals surface area contributed by atoms with E-state index in [1.807, 2.05) is 72.8 Å². The Labute approximate surface area is 375 Å². The van der Waals surface area contributed by atoms with Gasteiger partial charge in [-0.25, -0.2) is 15.0 Å². The summed E-state index contributed by atoms with van der Waals surface area (Å²) in [6.07, 6.45) is 7.87. The highest BCUT2D eigenvalue weighted by Crippen LogP contribution is 2.66. The van der Waals surface area contributed by atoms with Gasteiger partial charge in [0.05, 0.1) is 11.6 Å². The van der Waals surface area contributed by atoms with Crippen molar-refractivity contribution in [1.29, 1.82) is 5.26 Å². The molecule has 1 heterocycles. The van der Waals surface area contributed by atoms with Crippen LogP contribution in [0.15, 0.2) is 194 Å². The van der Waals surface area contributed by atoms with Crippen LogP contribution in [0.3, 0.4) is 0 Å². The lowest BCUT2D eigenvalue weighted by Crippen LogP contribution is -2.55. The van der Waals surface area contributed by atoms with E-state index in [1.165, 1.54) is 77.5 Å². The summed E-state index contributed by atoms with van der Waals surface area (Å²) in [5.41, 5.74) is 14.3. The van der Waals surface area contributed by atoms with Gasteiger partial charge in [-0.05, 0) is 135 Å². The summed E-state index contributed by atoms with van der Waals surface area (Å²) < 4.78 is 0. The molecule has 2 atom stereocenters. The van der Waals surface area contributed by atoms with Crippen molar-refractivity contribution in [3.05, 3.63) is 211 Å². The van der Waals surface area contributed by atoms with Gasteiger partial charge in [0, 0.05) is 16.7 Å². The lowest BCUT2D eigenvalue weighted by atomic mass is 9.41. The van der Waals surface area contributed by atoms with E-state index in [2.05, 4.69) is 127 Å². The Morgan fingerprint density at radius 3 is 1.25 bits per heavy atom. The zero-order valence-electron chi connectivity index (χ0n) is 35.7. The van der Waals surface area contributed by atoms with E-state index >= 15 is 0 Å². The van der Waals surface area contributed by atoms with Crippen LogP contribution in [0.25, 0.3) is 78.3 Å². The molecular weight excluding hydrogens is 777 g/mol. The van der Waals surface area contributed by atoms with E-state index in [1.54, 1.807) is 0 Å². The topological polar surface area (TPSA) is 62.5 Å². The van der Waals surface area contributed by atoms with Gasteiger partial charge in [0.25, 0.3) is 0 Å². The lowest BCUT2D eigenvalue weighted by Gasteiger charge is -2.63. The Balaban J connectivity index is 0.819. The second-order valence-corrected chi connectivity index (χ2v) is 18.7. The molecule has 306 valence electrons. The maximum atomic E-state index is 9.26. The molecule has 0 aliphatic heterocycles. The molecule has 9 aromatic rings. The smallest absolute Gasteiger partial charge is 0.164 e. The van der Waals surface area contributed by atoms with E-state index < -0.39 is 0 Å². The molecule has 4 heteroatoms. The Bertz CT molecular complexity index is 3130. The fourth-order valence-electron chi connectivity index (χ4n) is 12.2. The third kappa shape index (κ3) is 6.71. The summed E-state index contributed by atoms with van der Waals surface area (Å²) in [6, 6.07) is 71.7. The van der Waals surface area contributed by atoms with Crippen molar-refractivity contribution in [2.24, 2.45) is 11.8 Å². The molecule has 4 aliphatic rings. The van der Waals surface area contributed by atoms with Gasteiger partial charge < -0.3 is 0 Å². The van der Waals surface area contributed by atoms with E-state index in [4.69, 9.17) is 15.0 Å². The normalized spacial score (nSPS) is 20.9. The largest absolute Gasteiger partial charge is 0.208 e. The highest BCUT2D eigenvalue weighted by Gasteiger charge is 2.58. The van der Waals surface area contributed by atoms with Crippen molar-refractivity contribution in [2.75, 3.05) is 0 Å². The molecule has 13 rings (SSSR count). The van der Waals surface area contributed by atoms with E-state index in [9.17, 15) is 5.26 Å². The van der Waals surface area contributed by atoms with E-state index in [-0.39, 0.29) is 10.8 Å². The molecule has 8 aromatic carbocycles. The van der Waals surface area contributed by atoms with Gasteiger partial charge in [-0.3, -0.25) is 0 Å². The van der Waals surface area contributed by atoms with Crippen LogP contribution in [0.4, 0.5) is 0 Å². The van der Waals surface area contributed by atoms with Gasteiger partial charge in [0.2, 0.25) is 0 Å². The first-order valence-corrected chi connectivity index (χ1v) is 22.7. The van der Waals surface area contributed by atoms with Gasteiger partial charge in [-0.2, -0.15) is 5.26 Å². The minimum atomic E-state index is 0.235. The second kappa shape index (κ2) is 15.4. The van der Waals surface area contributed by atoms with E-state index in [0.29, 0.717) is 23.0 Å². The quantitative estimate of drug-likeness (QED) is 0.153. The number of nitriles is 1. The SMILES string of the molecule is N#Cc1ccc(-c2ccc(C34CC5CC(C3)CC(c3ccc(-c6ccc(-c7ccc(-c8nc(-c9ccccc9)nc(-c9ccccc9)n8)c8ccccc78)cc6)cc3)(C5)C4)cc2)cc1. The number of nitrogens with zero attached hydrogens (tertiary/aromatic N) is 4. The maximum Gasteiger partial charge on any atom is 0.164 e. The summed E-state index contributed by atoms with van der Waals surface area (Å²) in [5, 5.41) is 11.5. The molecule has 0 radical (unpaired) electrons. The fourth-order valence-corrected chi connectivity index (χ4v) is 12.2. The Morgan fingerprint density at radius 2 is 0.766 bits per heavy atom. The highest BCUT2D eigenvalue weighted by atomic mass is 15.0. The standard InChI is InChI=1S/C60H46N4/c61-38-40-15-17-43(18-16-40)45-23-27-50(28-24-45)59-34-41-33-42(35-59)37-60(36-41,39-59)51-29-25-46(26-30-51)44-19-21-47(22-20-44)52-31-32-55(54-14-8-7-13-53(52)54)58-63-56(48-9-3-1-4-10-48)62-57(64-58)49-11-5-2-6-12-49/h1-32,41-42H,33-37,39H2. The Kier molecular flexibility index (Phi) is 9.20. The number of benzene rings is 8. The summed E-state index contributed by atoms with van der Waals surface area (Å²) in [4.78, 5) is 15.0. The number of aromatic nitrogens is 3. The third-order valence-electron chi connectivity index (χ3n) is 14.8. The maximum absolute atomic E-state index is 9.26. The molecule has 2 unspecified atom stereocenters. The summed E-state index contributed by atoms with van der Waals surface area (Å²) in [5.74, 6) is 3.55. The first kappa shape index (κ1) is 38.2. The van der Waals surface area contributed by atoms with Crippen molar-refractivity contribution in [1.82, 2.24) is 15.0 Å². The van der Waals surface area contributed by atoms with Gasteiger partial charge in [-0.1, -0.05) is 176 Å². The lowest BCUT2D eigenvalue weighted by molar-refractivity contribution is -0.0281. The summed E-state index contributed by atoms with van der Waals surface area (Å²) >= 11 is 0. The molecule has 4 saturated carbocycles. The number of rotatable bonds is 8. The van der Waals surface area contributed by atoms with Crippen molar-refractivity contribution in [2.45, 2.75) is 49.4 Å². The van der Waals surface area contributed by atoms with Crippen LogP contribution >= 0.6 is 0 Å². The summed E-state index contributed by atoms with van der Waals surface area (Å²) in [7, 11) is 0. The average Bonchev–Trinajstić information content (AvgIpc) is 3.36. The predicted octanol–water partition coefficient (Wildman–Crippen LogP) is 14.7. The third-order valence-corrected chi connectivity index (χ3v) is 14.8. The van der Waals surface area contributed by atoms with Gasteiger partial charge in [-0.15, -0.1) is 0 Å². The first-order valence-electron chi connectivity index (χ1n) is 22.7. The van der Waals surface area contributed by atoms with E-state index in [0.717, 1.165) is 44.9 Å². The van der Waals surface area contributed by atoms with Crippen molar-refractivity contribution >= 4 is 10.8 Å². The van der Waals surface area contributed by atoms with Crippen LogP contribution in [0.2, 0.25) is 0 Å². The Hall–Kier alpha value is -7.48. The van der Waals surface area contributed by atoms with Crippen LogP contribution in [-0.4, -0.2) is 15.0 Å².